The van der Waals surface area contributed by atoms with Gasteiger partial charge in [0.25, 0.3) is 0 Å². The lowest BCUT2D eigenvalue weighted by Gasteiger charge is -2.40. The van der Waals surface area contributed by atoms with Crippen molar-refractivity contribution in [3.8, 4) is 0 Å². The fourth-order valence-corrected chi connectivity index (χ4v) is 3.98. The van der Waals surface area contributed by atoms with Gasteiger partial charge < -0.3 is 15.1 Å². The second-order valence-electron chi connectivity index (χ2n) is 8.02. The predicted octanol–water partition coefficient (Wildman–Crippen LogP) is 4.30. The lowest BCUT2D eigenvalue weighted by molar-refractivity contribution is -0.915. The quantitative estimate of drug-likeness (QED) is 0.557. The molecule has 1 aliphatic heterocycles. The Morgan fingerprint density at radius 1 is 1.00 bits per heavy atom. The van der Waals surface area contributed by atoms with E-state index < -0.39 is 0 Å². The Labute approximate surface area is 163 Å². The van der Waals surface area contributed by atoms with E-state index >= 15 is 0 Å². The van der Waals surface area contributed by atoms with Gasteiger partial charge in [0.15, 0.2) is 0 Å². The third kappa shape index (κ3) is 6.40. The molecule has 2 aromatic rings. The number of rotatable bonds is 7. The zero-order chi connectivity index (χ0) is 19.0. The molecule has 0 saturated carbocycles. The van der Waals surface area contributed by atoms with Gasteiger partial charge in [0.1, 0.15) is 0 Å². The monoisotopic (exact) mass is 366 g/mol. The third-order valence-electron chi connectivity index (χ3n) is 5.71. The van der Waals surface area contributed by atoms with E-state index in [9.17, 15) is 4.79 Å². The van der Waals surface area contributed by atoms with Crippen molar-refractivity contribution in [2.24, 2.45) is 5.92 Å². The van der Waals surface area contributed by atoms with Gasteiger partial charge in [0.05, 0.1) is 26.7 Å². The van der Waals surface area contributed by atoms with Crippen LogP contribution in [-0.2, 0) is 6.42 Å². The van der Waals surface area contributed by atoms with Crippen LogP contribution in [0.5, 0.6) is 0 Å². The van der Waals surface area contributed by atoms with Crippen LogP contribution >= 0.6 is 0 Å². The van der Waals surface area contributed by atoms with Gasteiger partial charge in [0.2, 0.25) is 0 Å². The van der Waals surface area contributed by atoms with E-state index in [2.05, 4.69) is 48.0 Å². The average Bonchev–Trinajstić information content (AvgIpc) is 2.69. The van der Waals surface area contributed by atoms with Gasteiger partial charge >= 0.3 is 6.03 Å². The number of hydrogen-bond donors (Lipinski definition) is 2. The molecule has 0 spiro atoms. The summed E-state index contributed by atoms with van der Waals surface area (Å²) < 4.78 is 1.13. The van der Waals surface area contributed by atoms with E-state index in [0.717, 1.165) is 35.6 Å². The van der Waals surface area contributed by atoms with Crippen molar-refractivity contribution < 1.29 is 9.28 Å². The van der Waals surface area contributed by atoms with Crippen LogP contribution in [0.4, 0.5) is 10.5 Å². The number of hydrogen-bond acceptors (Lipinski definition) is 1. The number of amides is 2. The number of anilines is 1. The summed E-state index contributed by atoms with van der Waals surface area (Å²) in [5, 5.41) is 5.83. The molecule has 1 fully saturated rings. The minimum atomic E-state index is -0.120. The minimum absolute atomic E-state index is 0.120. The standard InChI is InChI=1S/C23H31N3O/c1-26(16-8-15-24-23(27)25-22-11-6-3-7-12-22)17-13-21(14-18-26)19-20-9-4-2-5-10-20/h2-7,9-12,21H,8,13-19H2,1H3,(H-,24,25,27)/p+1. The van der Waals surface area contributed by atoms with Gasteiger partial charge in [-0.25, -0.2) is 4.79 Å². The number of carbonyl (C=O) groups excluding carboxylic acids is 1. The third-order valence-corrected chi connectivity index (χ3v) is 5.71. The number of nitrogens with one attached hydrogen (secondary N) is 2. The Balaban J connectivity index is 1.32. The summed E-state index contributed by atoms with van der Waals surface area (Å²) in [5.41, 5.74) is 2.29. The van der Waals surface area contributed by atoms with Gasteiger partial charge in [0, 0.05) is 18.7 Å². The first-order chi connectivity index (χ1) is 13.1. The lowest BCUT2D eigenvalue weighted by atomic mass is 9.89. The van der Waals surface area contributed by atoms with E-state index in [-0.39, 0.29) is 6.03 Å². The van der Waals surface area contributed by atoms with E-state index in [1.807, 2.05) is 30.3 Å². The Morgan fingerprint density at radius 3 is 2.30 bits per heavy atom. The van der Waals surface area contributed by atoms with Gasteiger partial charge in [-0.2, -0.15) is 0 Å². The van der Waals surface area contributed by atoms with E-state index in [1.54, 1.807) is 0 Å². The molecule has 4 heteroatoms. The molecule has 1 heterocycles. The summed E-state index contributed by atoms with van der Waals surface area (Å²) in [6.07, 6.45) is 4.82. The van der Waals surface area contributed by atoms with Crippen LogP contribution in [0.1, 0.15) is 24.8 Å². The molecule has 0 radical (unpaired) electrons. The van der Waals surface area contributed by atoms with Gasteiger partial charge in [-0.05, 0) is 42.9 Å². The fraction of sp³-hybridized carbons (Fsp3) is 0.435. The number of nitrogens with zero attached hydrogens (tertiary/aromatic N) is 1. The lowest BCUT2D eigenvalue weighted by Crippen LogP contribution is -2.51. The molecule has 2 N–H and O–H groups in total. The molecule has 1 aliphatic rings. The first kappa shape index (κ1) is 19.4. The molecular weight excluding hydrogens is 334 g/mol. The van der Waals surface area contributed by atoms with E-state index in [1.165, 1.54) is 37.9 Å². The first-order valence-corrected chi connectivity index (χ1v) is 10.1. The molecule has 3 rings (SSSR count). The minimum Gasteiger partial charge on any atom is -0.338 e. The molecule has 144 valence electrons. The second kappa shape index (κ2) is 9.56. The summed E-state index contributed by atoms with van der Waals surface area (Å²) in [5.74, 6) is 0.813. The zero-order valence-electron chi connectivity index (χ0n) is 16.4. The van der Waals surface area contributed by atoms with Crippen molar-refractivity contribution in [1.29, 1.82) is 0 Å². The normalized spacial score (nSPS) is 22.2. The maximum absolute atomic E-state index is 11.9. The fourth-order valence-electron chi connectivity index (χ4n) is 3.98. The molecule has 0 aromatic heterocycles. The van der Waals surface area contributed by atoms with E-state index in [0.29, 0.717) is 0 Å². The Hall–Kier alpha value is -2.33. The molecule has 0 unspecified atom stereocenters. The highest BCUT2D eigenvalue weighted by atomic mass is 16.2. The molecule has 0 atom stereocenters. The van der Waals surface area contributed by atoms with Crippen LogP contribution in [0.2, 0.25) is 0 Å². The van der Waals surface area contributed by atoms with Crippen molar-refractivity contribution in [1.82, 2.24) is 5.32 Å². The van der Waals surface area contributed by atoms with Crippen molar-refractivity contribution in [3.63, 3.8) is 0 Å². The Bertz CT molecular complexity index is 694. The summed E-state index contributed by atoms with van der Waals surface area (Å²) in [4.78, 5) is 11.9. The number of benzene rings is 2. The number of likely N-dealkylation sites (tertiary alicyclic amines) is 1. The van der Waals surface area contributed by atoms with E-state index in [4.69, 9.17) is 0 Å². The Kier molecular flexibility index (Phi) is 6.88. The largest absolute Gasteiger partial charge is 0.338 e. The summed E-state index contributed by atoms with van der Waals surface area (Å²) in [7, 11) is 2.36. The summed E-state index contributed by atoms with van der Waals surface area (Å²) >= 11 is 0. The molecule has 4 nitrogen and oxygen atoms in total. The van der Waals surface area contributed by atoms with Crippen LogP contribution in [0, 0.1) is 5.92 Å². The first-order valence-electron chi connectivity index (χ1n) is 10.1. The van der Waals surface area contributed by atoms with Crippen LogP contribution in [0.3, 0.4) is 0 Å². The number of piperidine rings is 1. The Morgan fingerprint density at radius 2 is 1.63 bits per heavy atom. The van der Waals surface area contributed by atoms with Crippen molar-refractivity contribution in [2.75, 3.05) is 38.5 Å². The van der Waals surface area contributed by atoms with Gasteiger partial charge in [-0.1, -0.05) is 48.5 Å². The topological polar surface area (TPSA) is 41.1 Å². The molecule has 0 bridgehead atoms. The molecular formula is C23H32N3O+. The van der Waals surface area contributed by atoms with Crippen molar-refractivity contribution in [2.45, 2.75) is 25.7 Å². The number of quaternary nitrogens is 1. The smallest absolute Gasteiger partial charge is 0.319 e. The number of urea groups is 1. The highest BCUT2D eigenvalue weighted by molar-refractivity contribution is 5.89. The summed E-state index contributed by atoms with van der Waals surface area (Å²) in [6, 6.07) is 20.3. The maximum Gasteiger partial charge on any atom is 0.319 e. The average molecular weight is 367 g/mol. The molecule has 1 saturated heterocycles. The van der Waals surface area contributed by atoms with Crippen LogP contribution in [0.25, 0.3) is 0 Å². The number of para-hydroxylation sites is 1. The molecule has 27 heavy (non-hydrogen) atoms. The predicted molar refractivity (Wildman–Crippen MR) is 112 cm³/mol. The van der Waals surface area contributed by atoms with Gasteiger partial charge in [-0.3, -0.25) is 0 Å². The summed E-state index contributed by atoms with van der Waals surface area (Å²) in [6.45, 7) is 4.34. The highest BCUT2D eigenvalue weighted by Crippen LogP contribution is 2.25. The van der Waals surface area contributed by atoms with Crippen molar-refractivity contribution >= 4 is 11.7 Å². The highest BCUT2D eigenvalue weighted by Gasteiger charge is 2.29. The molecule has 2 aromatic carbocycles. The van der Waals surface area contributed by atoms with Gasteiger partial charge in [-0.15, -0.1) is 0 Å². The van der Waals surface area contributed by atoms with Crippen LogP contribution < -0.4 is 10.6 Å². The molecule has 0 aliphatic carbocycles. The van der Waals surface area contributed by atoms with Crippen LogP contribution in [-0.4, -0.2) is 43.7 Å². The van der Waals surface area contributed by atoms with Crippen molar-refractivity contribution in [3.05, 3.63) is 66.2 Å². The van der Waals surface area contributed by atoms with Crippen LogP contribution in [0.15, 0.2) is 60.7 Å². The SMILES string of the molecule is C[N+]1(CCCNC(=O)Nc2ccccc2)CCC(Cc2ccccc2)CC1. The second-order valence-corrected chi connectivity index (χ2v) is 8.02. The molecule has 2 amide bonds. The number of carbonyl (C=O) groups is 1. The zero-order valence-corrected chi connectivity index (χ0v) is 16.4. The maximum atomic E-state index is 11.9.